The minimum Gasteiger partial charge on any atom is -0.490 e. The second-order valence-electron chi connectivity index (χ2n) is 6.44. The lowest BCUT2D eigenvalue weighted by molar-refractivity contribution is -0.137. The van der Waals surface area contributed by atoms with E-state index in [2.05, 4.69) is 0 Å². The van der Waals surface area contributed by atoms with E-state index in [4.69, 9.17) is 30.6 Å². The summed E-state index contributed by atoms with van der Waals surface area (Å²) in [5, 5.41) is 9.86. The average Bonchev–Trinajstić information content (AvgIpc) is 3.17. The topological polar surface area (TPSA) is 89.2 Å². The van der Waals surface area contributed by atoms with E-state index in [-0.39, 0.29) is 18.9 Å². The third-order valence-corrected chi connectivity index (χ3v) is 4.65. The van der Waals surface area contributed by atoms with Crippen LogP contribution < -0.4 is 4.74 Å². The molecule has 0 bridgehead atoms. The number of aliphatic carboxylic acids is 1. The number of carbonyl (C=O) groups is 2. The number of carboxylic acid groups (broad SMARTS) is 1. The number of carbonyl (C=O) groups excluding carboxylic acids is 1. The summed E-state index contributed by atoms with van der Waals surface area (Å²) in [4.78, 5) is 24.4. The molecule has 1 aromatic heterocycles. The van der Waals surface area contributed by atoms with E-state index in [9.17, 15) is 9.59 Å². The number of carboxylic acids is 1. The number of rotatable bonds is 8. The number of fused-ring (bicyclic) bond motifs is 1. The summed E-state index contributed by atoms with van der Waals surface area (Å²) in [6.45, 7) is 2.54. The molecule has 0 atom stereocenters. The van der Waals surface area contributed by atoms with Crippen LogP contribution in [0.2, 0.25) is 0 Å². The Balaban J connectivity index is 1.66. The lowest BCUT2D eigenvalue weighted by atomic mass is 10.2. The normalized spacial score (nSPS) is 15.2. The molecular formula is C21H22ClNO6. The van der Waals surface area contributed by atoms with Gasteiger partial charge in [-0.05, 0) is 24.6 Å². The van der Waals surface area contributed by atoms with Crippen molar-refractivity contribution >= 4 is 39.5 Å². The SMILES string of the molecule is O=C(O)CCCOc1cccc2cc(C(Cl)=CC=CC(=O)N3CCOCC3)oc12. The third kappa shape index (κ3) is 5.85. The Morgan fingerprint density at radius 1 is 1.28 bits per heavy atom. The van der Waals surface area contributed by atoms with Crippen LogP contribution in [0.5, 0.6) is 5.75 Å². The van der Waals surface area contributed by atoms with E-state index in [0.717, 1.165) is 5.39 Å². The molecule has 1 aliphatic heterocycles. The smallest absolute Gasteiger partial charge is 0.303 e. The summed E-state index contributed by atoms with van der Waals surface area (Å²) in [5.74, 6) is 0.0354. The van der Waals surface area contributed by atoms with Crippen LogP contribution in [0, 0.1) is 0 Å². The van der Waals surface area contributed by atoms with Gasteiger partial charge in [-0.3, -0.25) is 9.59 Å². The van der Waals surface area contributed by atoms with Crippen molar-refractivity contribution in [3.05, 3.63) is 48.3 Å². The van der Waals surface area contributed by atoms with Crippen LogP contribution in [-0.2, 0) is 14.3 Å². The molecule has 0 radical (unpaired) electrons. The van der Waals surface area contributed by atoms with Gasteiger partial charge < -0.3 is 23.9 Å². The first-order chi connectivity index (χ1) is 14.0. The second kappa shape index (κ2) is 10.1. The number of nitrogens with zero attached hydrogens (tertiary/aromatic N) is 1. The minimum atomic E-state index is -0.857. The number of morpholine rings is 1. The molecule has 1 amide bonds. The van der Waals surface area contributed by atoms with Gasteiger partial charge in [0.15, 0.2) is 11.3 Å². The fourth-order valence-electron chi connectivity index (χ4n) is 2.86. The molecule has 7 nitrogen and oxygen atoms in total. The third-order valence-electron chi connectivity index (χ3n) is 4.34. The van der Waals surface area contributed by atoms with Crippen LogP contribution in [0.15, 0.2) is 46.9 Å². The van der Waals surface area contributed by atoms with Crippen molar-refractivity contribution in [2.45, 2.75) is 12.8 Å². The Morgan fingerprint density at radius 2 is 2.07 bits per heavy atom. The van der Waals surface area contributed by atoms with Gasteiger partial charge in [0.05, 0.1) is 24.9 Å². The molecule has 1 N–H and O–H groups in total. The lowest BCUT2D eigenvalue weighted by Gasteiger charge is -2.25. The van der Waals surface area contributed by atoms with Gasteiger partial charge in [-0.15, -0.1) is 0 Å². The zero-order valence-electron chi connectivity index (χ0n) is 15.8. The van der Waals surface area contributed by atoms with Gasteiger partial charge in [0.25, 0.3) is 0 Å². The van der Waals surface area contributed by atoms with E-state index in [1.165, 1.54) is 6.08 Å². The van der Waals surface area contributed by atoms with E-state index in [0.29, 0.717) is 54.8 Å². The number of para-hydroxylation sites is 1. The standard InChI is InChI=1S/C21H22ClNO6/c22-16(5-2-7-19(24)23-9-12-27-13-10-23)18-14-15-4-1-6-17(21(15)29-18)28-11-3-8-20(25)26/h1-2,4-7,14H,3,8-13H2,(H,25,26). The monoisotopic (exact) mass is 419 g/mol. The molecule has 1 aliphatic rings. The maximum atomic E-state index is 12.1. The van der Waals surface area contributed by atoms with Gasteiger partial charge in [0.2, 0.25) is 5.91 Å². The molecule has 1 fully saturated rings. The van der Waals surface area contributed by atoms with Crippen LogP contribution in [0.1, 0.15) is 18.6 Å². The maximum absolute atomic E-state index is 12.1. The number of ether oxygens (including phenoxy) is 2. The van der Waals surface area contributed by atoms with Crippen LogP contribution in [0.25, 0.3) is 16.0 Å². The number of halogens is 1. The zero-order chi connectivity index (χ0) is 20.6. The van der Waals surface area contributed by atoms with Gasteiger partial charge in [-0.2, -0.15) is 0 Å². The molecule has 1 saturated heterocycles. The molecule has 8 heteroatoms. The first kappa shape index (κ1) is 21.0. The van der Waals surface area contributed by atoms with Gasteiger partial charge in [0, 0.05) is 31.0 Å². The van der Waals surface area contributed by atoms with Gasteiger partial charge in [-0.25, -0.2) is 0 Å². The van der Waals surface area contributed by atoms with Crippen molar-refractivity contribution in [2.75, 3.05) is 32.9 Å². The predicted octanol–water partition coefficient (Wildman–Crippen LogP) is 3.67. The molecule has 1 aromatic carbocycles. The van der Waals surface area contributed by atoms with Gasteiger partial charge in [0.1, 0.15) is 5.76 Å². The molecule has 0 unspecified atom stereocenters. The molecular weight excluding hydrogens is 398 g/mol. The fraction of sp³-hybridized carbons (Fsp3) is 0.333. The Labute approximate surface area is 173 Å². The van der Waals surface area contributed by atoms with Crippen LogP contribution >= 0.6 is 11.6 Å². The lowest BCUT2D eigenvalue weighted by Crippen LogP contribution is -2.39. The van der Waals surface area contributed by atoms with Crippen molar-refractivity contribution in [1.29, 1.82) is 0 Å². The van der Waals surface area contributed by atoms with E-state index in [1.54, 1.807) is 29.2 Å². The largest absolute Gasteiger partial charge is 0.490 e. The minimum absolute atomic E-state index is 0.0451. The highest BCUT2D eigenvalue weighted by Crippen LogP contribution is 2.32. The van der Waals surface area contributed by atoms with Crippen molar-refractivity contribution < 1.29 is 28.6 Å². The van der Waals surface area contributed by atoms with Gasteiger partial charge >= 0.3 is 5.97 Å². The summed E-state index contributed by atoms with van der Waals surface area (Å²) >= 11 is 6.33. The number of hydrogen-bond donors (Lipinski definition) is 1. The van der Waals surface area contributed by atoms with Crippen molar-refractivity contribution in [3.63, 3.8) is 0 Å². The number of amides is 1. The number of furan rings is 1. The molecule has 2 heterocycles. The van der Waals surface area contributed by atoms with E-state index in [1.807, 2.05) is 12.1 Å². The zero-order valence-corrected chi connectivity index (χ0v) is 16.6. The highest BCUT2D eigenvalue weighted by Gasteiger charge is 2.14. The first-order valence-electron chi connectivity index (χ1n) is 9.32. The van der Waals surface area contributed by atoms with E-state index >= 15 is 0 Å². The molecule has 3 rings (SSSR count). The number of benzene rings is 1. The quantitative estimate of drug-likeness (QED) is 0.399. The summed E-state index contributed by atoms with van der Waals surface area (Å²) in [5.41, 5.74) is 0.540. The maximum Gasteiger partial charge on any atom is 0.303 e. The van der Waals surface area contributed by atoms with E-state index < -0.39 is 5.97 Å². The highest BCUT2D eigenvalue weighted by atomic mass is 35.5. The molecule has 0 saturated carbocycles. The molecule has 2 aromatic rings. The highest BCUT2D eigenvalue weighted by molar-refractivity contribution is 6.48. The predicted molar refractivity (Wildman–Crippen MR) is 109 cm³/mol. The van der Waals surface area contributed by atoms with Crippen LogP contribution in [0.4, 0.5) is 0 Å². The van der Waals surface area contributed by atoms with Crippen LogP contribution in [-0.4, -0.2) is 54.8 Å². The molecule has 0 spiro atoms. The average molecular weight is 420 g/mol. The number of hydrogen-bond acceptors (Lipinski definition) is 5. The Bertz CT molecular complexity index is 926. The summed E-state index contributed by atoms with van der Waals surface area (Å²) in [6, 6.07) is 7.24. The summed E-state index contributed by atoms with van der Waals surface area (Å²) < 4.78 is 16.7. The van der Waals surface area contributed by atoms with Crippen LogP contribution in [0.3, 0.4) is 0 Å². The Kier molecular flexibility index (Phi) is 7.32. The Hall–Kier alpha value is -2.77. The number of allylic oxidation sites excluding steroid dienone is 2. The van der Waals surface area contributed by atoms with Gasteiger partial charge in [-0.1, -0.05) is 29.8 Å². The fourth-order valence-corrected chi connectivity index (χ4v) is 3.03. The second-order valence-corrected chi connectivity index (χ2v) is 6.85. The van der Waals surface area contributed by atoms with Crippen molar-refractivity contribution in [1.82, 2.24) is 4.90 Å². The Morgan fingerprint density at radius 3 is 2.83 bits per heavy atom. The summed E-state index contributed by atoms with van der Waals surface area (Å²) in [7, 11) is 0. The first-order valence-corrected chi connectivity index (χ1v) is 9.70. The van der Waals surface area contributed by atoms with Crippen molar-refractivity contribution in [2.24, 2.45) is 0 Å². The summed E-state index contributed by atoms with van der Waals surface area (Å²) in [6.07, 6.45) is 5.11. The molecule has 154 valence electrons. The molecule has 29 heavy (non-hydrogen) atoms. The molecule has 0 aliphatic carbocycles. The van der Waals surface area contributed by atoms with Crippen molar-refractivity contribution in [3.8, 4) is 5.75 Å².